The maximum Gasteiger partial charge on any atom is 0.270 e. The molecule has 0 saturated carbocycles. The van der Waals surface area contributed by atoms with E-state index in [1.807, 2.05) is 4.90 Å². The number of rotatable bonds is 4. The largest absolute Gasteiger partial charge is 0.342 e. The van der Waals surface area contributed by atoms with Gasteiger partial charge in [0.2, 0.25) is 15.9 Å². The summed E-state index contributed by atoms with van der Waals surface area (Å²) in [6, 6.07) is 3.86. The van der Waals surface area contributed by atoms with Crippen LogP contribution in [0.15, 0.2) is 35.2 Å². The molecule has 2 aliphatic rings. The van der Waals surface area contributed by atoms with E-state index in [0.717, 1.165) is 24.5 Å². The summed E-state index contributed by atoms with van der Waals surface area (Å²) in [5.41, 5.74) is 1.38. The first kappa shape index (κ1) is 20.5. The average Bonchev–Trinajstić information content (AvgIpc) is 2.68. The lowest BCUT2D eigenvalue weighted by Crippen LogP contribution is -2.45. The third kappa shape index (κ3) is 4.10. The number of carbonyl (C=O) groups is 1. The fourth-order valence-electron chi connectivity index (χ4n) is 3.76. The van der Waals surface area contributed by atoms with E-state index in [1.165, 1.54) is 16.4 Å². The molecule has 0 radical (unpaired) electrons. The first-order valence-electron chi connectivity index (χ1n) is 9.41. The van der Waals surface area contributed by atoms with Crippen molar-refractivity contribution in [2.75, 3.05) is 26.2 Å². The number of hydrogen-bond donors (Lipinski definition) is 0. The molecule has 0 bridgehead atoms. The van der Waals surface area contributed by atoms with E-state index in [1.54, 1.807) is 6.92 Å². The van der Waals surface area contributed by atoms with Crippen molar-refractivity contribution in [3.63, 3.8) is 0 Å². The first-order valence-corrected chi connectivity index (χ1v) is 10.8. The number of nitro benzene ring substituents is 1. The van der Waals surface area contributed by atoms with E-state index in [0.29, 0.717) is 31.5 Å². The lowest BCUT2D eigenvalue weighted by atomic mass is 9.95. The molecule has 0 atom stereocenters. The second kappa shape index (κ2) is 8.00. The topological polar surface area (TPSA) is 101 Å². The average molecular weight is 407 g/mol. The Kier molecular flexibility index (Phi) is 5.85. The summed E-state index contributed by atoms with van der Waals surface area (Å²) in [7, 11) is -3.84. The zero-order valence-corrected chi connectivity index (χ0v) is 16.8. The van der Waals surface area contributed by atoms with Gasteiger partial charge in [0.15, 0.2) is 0 Å². The zero-order valence-electron chi connectivity index (χ0n) is 16.0. The minimum Gasteiger partial charge on any atom is -0.342 e. The molecule has 9 heteroatoms. The molecular formula is C19H25N3O5S. The Hall–Kier alpha value is -2.26. The molecule has 1 aromatic rings. The fourth-order valence-corrected chi connectivity index (χ4v) is 5.48. The molecule has 8 nitrogen and oxygen atoms in total. The van der Waals surface area contributed by atoms with Crippen LogP contribution in [0.2, 0.25) is 0 Å². The second-order valence-electron chi connectivity index (χ2n) is 7.46. The maximum atomic E-state index is 13.0. The Labute approximate surface area is 165 Å². The lowest BCUT2D eigenvalue weighted by Gasteiger charge is -2.35. The van der Waals surface area contributed by atoms with Crippen LogP contribution >= 0.6 is 0 Å². The van der Waals surface area contributed by atoms with E-state index >= 15 is 0 Å². The number of nitrogens with zero attached hydrogens (tertiary/aromatic N) is 3. The SMILES string of the molecule is C=C1CCN(C(=O)C2CCN(S(=O)(=O)c3cc([N+](=O)[O-])ccc3C)CC2)CC1. The standard InChI is InChI=1S/C19H25N3O5S/c1-14-5-9-20(10-6-14)19(23)16-7-11-21(12-8-16)28(26,27)18-13-17(22(24)25)4-3-15(18)2/h3-4,13,16H,1,5-12H2,2H3. The van der Waals surface area contributed by atoms with Crippen molar-refractivity contribution in [3.8, 4) is 0 Å². The molecule has 0 aliphatic carbocycles. The van der Waals surface area contributed by atoms with E-state index in [4.69, 9.17) is 0 Å². The van der Waals surface area contributed by atoms with E-state index in [-0.39, 0.29) is 35.5 Å². The van der Waals surface area contributed by atoms with Crippen LogP contribution < -0.4 is 0 Å². The number of benzene rings is 1. The number of piperidine rings is 2. The van der Waals surface area contributed by atoms with Crippen molar-refractivity contribution < 1.29 is 18.1 Å². The van der Waals surface area contributed by atoms with Crippen LogP contribution in [-0.4, -0.2) is 54.6 Å². The summed E-state index contributed by atoms with van der Waals surface area (Å²) in [4.78, 5) is 24.9. The van der Waals surface area contributed by atoms with Crippen LogP contribution in [0.5, 0.6) is 0 Å². The van der Waals surface area contributed by atoms with Crippen molar-refractivity contribution in [3.05, 3.63) is 46.0 Å². The van der Waals surface area contributed by atoms with Crippen molar-refractivity contribution in [1.29, 1.82) is 0 Å². The highest BCUT2D eigenvalue weighted by molar-refractivity contribution is 7.89. The number of sulfonamides is 1. The Morgan fingerprint density at radius 1 is 1.18 bits per heavy atom. The normalized spacial score (nSPS) is 19.6. The fraction of sp³-hybridized carbons (Fsp3) is 0.526. The Balaban J connectivity index is 1.69. The summed E-state index contributed by atoms with van der Waals surface area (Å²) in [6.07, 6.45) is 2.57. The molecule has 152 valence electrons. The number of amides is 1. The molecule has 0 N–H and O–H groups in total. The molecule has 0 spiro atoms. The minimum atomic E-state index is -3.84. The Morgan fingerprint density at radius 2 is 1.79 bits per heavy atom. The van der Waals surface area contributed by atoms with Crippen LogP contribution in [0.25, 0.3) is 0 Å². The predicted molar refractivity (Wildman–Crippen MR) is 104 cm³/mol. The molecule has 2 saturated heterocycles. The third-order valence-corrected chi connectivity index (χ3v) is 7.63. The number of nitro groups is 1. The van der Waals surface area contributed by atoms with Gasteiger partial charge in [-0.05, 0) is 38.2 Å². The number of non-ortho nitro benzene ring substituents is 1. The maximum absolute atomic E-state index is 13.0. The van der Waals surface area contributed by atoms with Gasteiger partial charge in [0.25, 0.3) is 5.69 Å². The number of aryl methyl sites for hydroxylation is 1. The molecule has 2 aliphatic heterocycles. The molecule has 1 aromatic carbocycles. The van der Waals surface area contributed by atoms with Crippen LogP contribution in [0, 0.1) is 23.0 Å². The van der Waals surface area contributed by atoms with Gasteiger partial charge in [-0.15, -0.1) is 0 Å². The van der Waals surface area contributed by atoms with Crippen LogP contribution in [0.4, 0.5) is 5.69 Å². The molecule has 3 rings (SSSR count). The van der Waals surface area contributed by atoms with Crippen LogP contribution in [0.1, 0.15) is 31.2 Å². The minimum absolute atomic E-state index is 0.0407. The molecular weight excluding hydrogens is 382 g/mol. The molecule has 1 amide bonds. The summed E-state index contributed by atoms with van der Waals surface area (Å²) in [6.45, 7) is 7.42. The molecule has 28 heavy (non-hydrogen) atoms. The lowest BCUT2D eigenvalue weighted by molar-refractivity contribution is -0.385. The smallest absolute Gasteiger partial charge is 0.270 e. The van der Waals surface area contributed by atoms with Crippen molar-refractivity contribution in [2.24, 2.45) is 5.92 Å². The van der Waals surface area contributed by atoms with E-state index < -0.39 is 14.9 Å². The van der Waals surface area contributed by atoms with Gasteiger partial charge >= 0.3 is 0 Å². The van der Waals surface area contributed by atoms with Crippen LogP contribution in [-0.2, 0) is 14.8 Å². The molecule has 2 heterocycles. The summed E-state index contributed by atoms with van der Waals surface area (Å²) in [5, 5.41) is 11.0. The summed E-state index contributed by atoms with van der Waals surface area (Å²) in [5.74, 6) is -0.0832. The molecule has 0 unspecified atom stereocenters. The van der Waals surface area contributed by atoms with Gasteiger partial charge < -0.3 is 4.90 Å². The van der Waals surface area contributed by atoms with Gasteiger partial charge in [-0.2, -0.15) is 4.31 Å². The van der Waals surface area contributed by atoms with E-state index in [9.17, 15) is 23.3 Å². The van der Waals surface area contributed by atoms with Gasteiger partial charge in [0.1, 0.15) is 0 Å². The van der Waals surface area contributed by atoms with Crippen molar-refractivity contribution in [1.82, 2.24) is 9.21 Å². The summed E-state index contributed by atoms with van der Waals surface area (Å²) < 4.78 is 27.3. The van der Waals surface area contributed by atoms with Crippen molar-refractivity contribution in [2.45, 2.75) is 37.5 Å². The van der Waals surface area contributed by atoms with Gasteiger partial charge in [0.05, 0.1) is 9.82 Å². The third-order valence-electron chi connectivity index (χ3n) is 5.59. The van der Waals surface area contributed by atoms with Gasteiger partial charge in [-0.25, -0.2) is 8.42 Å². The number of hydrogen-bond acceptors (Lipinski definition) is 5. The van der Waals surface area contributed by atoms with Crippen molar-refractivity contribution >= 4 is 21.6 Å². The quantitative estimate of drug-likeness (QED) is 0.434. The Morgan fingerprint density at radius 3 is 2.36 bits per heavy atom. The van der Waals surface area contributed by atoms with Gasteiger partial charge in [0, 0.05) is 44.2 Å². The zero-order chi connectivity index (χ0) is 20.5. The second-order valence-corrected chi connectivity index (χ2v) is 9.37. The monoisotopic (exact) mass is 407 g/mol. The number of likely N-dealkylation sites (tertiary alicyclic amines) is 1. The highest BCUT2D eigenvalue weighted by Crippen LogP contribution is 2.29. The highest BCUT2D eigenvalue weighted by atomic mass is 32.2. The summed E-state index contributed by atoms with van der Waals surface area (Å²) >= 11 is 0. The van der Waals surface area contributed by atoms with Crippen LogP contribution in [0.3, 0.4) is 0 Å². The predicted octanol–water partition coefficient (Wildman–Crippen LogP) is 2.48. The Bertz CT molecular complexity index is 894. The molecule has 0 aromatic heterocycles. The van der Waals surface area contributed by atoms with Gasteiger partial charge in [-0.3, -0.25) is 14.9 Å². The van der Waals surface area contributed by atoms with E-state index in [2.05, 4.69) is 6.58 Å². The number of carbonyl (C=O) groups excluding carboxylic acids is 1. The molecule has 2 fully saturated rings. The first-order chi connectivity index (χ1) is 13.2. The van der Waals surface area contributed by atoms with Gasteiger partial charge in [-0.1, -0.05) is 18.2 Å². The highest BCUT2D eigenvalue weighted by Gasteiger charge is 2.35.